The zero-order valence-corrected chi connectivity index (χ0v) is 16.7. The number of carbonyl (C=O) groups excluding carboxylic acids is 1. The van der Waals surface area contributed by atoms with Gasteiger partial charge in [0.2, 0.25) is 0 Å². The number of para-hydroxylation sites is 1. The summed E-state index contributed by atoms with van der Waals surface area (Å²) in [6, 6.07) is 15.5. The zero-order chi connectivity index (χ0) is 20.4. The normalized spacial score (nSPS) is 14.3. The Kier molecular flexibility index (Phi) is 5.25. The van der Waals surface area contributed by atoms with Gasteiger partial charge in [0.1, 0.15) is 5.56 Å². The summed E-state index contributed by atoms with van der Waals surface area (Å²) < 4.78 is 10.6. The summed E-state index contributed by atoms with van der Waals surface area (Å²) in [5.74, 6) is 0.186. The molecule has 0 N–H and O–H groups in total. The van der Waals surface area contributed by atoms with E-state index >= 15 is 0 Å². The molecule has 6 nitrogen and oxygen atoms in total. The summed E-state index contributed by atoms with van der Waals surface area (Å²) in [6.45, 7) is 4.71. The molecule has 1 saturated heterocycles. The maximum atomic E-state index is 13.0. The molecule has 1 fully saturated rings. The van der Waals surface area contributed by atoms with E-state index in [2.05, 4.69) is 36.1 Å². The highest BCUT2D eigenvalue weighted by Gasteiger charge is 2.25. The molecule has 2 heterocycles. The van der Waals surface area contributed by atoms with Crippen LogP contribution in [0.3, 0.4) is 0 Å². The summed E-state index contributed by atoms with van der Waals surface area (Å²) in [4.78, 5) is 29.4. The number of ether oxygens (including phenoxy) is 1. The smallest absolute Gasteiger partial charge is 0.349 e. The van der Waals surface area contributed by atoms with Gasteiger partial charge in [-0.1, -0.05) is 31.2 Å². The third-order valence-corrected chi connectivity index (χ3v) is 5.45. The van der Waals surface area contributed by atoms with Gasteiger partial charge in [-0.25, -0.2) is 4.79 Å². The SMILES string of the molecule is CCc1ccc(N2CCN(C(=O)c3cc4cccc(OC)c4oc3=O)CC2)cc1. The second-order valence-electron chi connectivity index (χ2n) is 7.13. The van der Waals surface area contributed by atoms with Crippen molar-refractivity contribution in [2.75, 3.05) is 38.2 Å². The first kappa shape index (κ1) is 19.1. The molecule has 0 unspecified atom stereocenters. The Morgan fingerprint density at radius 1 is 1.07 bits per heavy atom. The number of piperazine rings is 1. The van der Waals surface area contributed by atoms with E-state index in [-0.39, 0.29) is 11.5 Å². The van der Waals surface area contributed by atoms with E-state index in [0.29, 0.717) is 29.8 Å². The lowest BCUT2D eigenvalue weighted by Gasteiger charge is -2.36. The van der Waals surface area contributed by atoms with Gasteiger partial charge in [-0.15, -0.1) is 0 Å². The second kappa shape index (κ2) is 7.99. The largest absolute Gasteiger partial charge is 0.493 e. The van der Waals surface area contributed by atoms with Gasteiger partial charge in [0.05, 0.1) is 7.11 Å². The lowest BCUT2D eigenvalue weighted by Crippen LogP contribution is -2.49. The van der Waals surface area contributed by atoms with Crippen molar-refractivity contribution in [3.8, 4) is 5.75 Å². The van der Waals surface area contributed by atoms with Crippen molar-refractivity contribution >= 4 is 22.6 Å². The molecular weight excluding hydrogens is 368 g/mol. The predicted molar refractivity (Wildman–Crippen MR) is 113 cm³/mol. The van der Waals surface area contributed by atoms with E-state index in [1.54, 1.807) is 29.2 Å². The van der Waals surface area contributed by atoms with Crippen LogP contribution >= 0.6 is 0 Å². The first-order valence-electron chi connectivity index (χ1n) is 9.84. The molecule has 150 valence electrons. The Bertz CT molecular complexity index is 1080. The van der Waals surface area contributed by atoms with E-state index in [1.165, 1.54) is 12.7 Å². The minimum Gasteiger partial charge on any atom is -0.493 e. The first-order chi connectivity index (χ1) is 14.1. The fraction of sp³-hybridized carbons (Fsp3) is 0.304. The Hall–Kier alpha value is -3.28. The molecule has 6 heteroatoms. The molecule has 0 radical (unpaired) electrons. The van der Waals surface area contributed by atoms with Gasteiger partial charge in [0.25, 0.3) is 5.91 Å². The highest BCUT2D eigenvalue weighted by Crippen LogP contribution is 2.25. The highest BCUT2D eigenvalue weighted by atomic mass is 16.5. The molecule has 0 spiro atoms. The molecule has 0 atom stereocenters. The number of aryl methyl sites for hydroxylation is 1. The van der Waals surface area contributed by atoms with Gasteiger partial charge in [0, 0.05) is 37.3 Å². The van der Waals surface area contributed by atoms with Crippen LogP contribution in [0.25, 0.3) is 11.0 Å². The molecule has 1 aliphatic rings. The molecule has 29 heavy (non-hydrogen) atoms. The van der Waals surface area contributed by atoms with Crippen molar-refractivity contribution in [1.82, 2.24) is 4.90 Å². The van der Waals surface area contributed by atoms with Crippen LogP contribution in [0.5, 0.6) is 5.75 Å². The van der Waals surface area contributed by atoms with Gasteiger partial charge >= 0.3 is 5.63 Å². The van der Waals surface area contributed by atoms with Crippen molar-refractivity contribution in [3.05, 3.63) is 70.1 Å². The lowest BCUT2D eigenvalue weighted by molar-refractivity contribution is 0.0742. The summed E-state index contributed by atoms with van der Waals surface area (Å²) in [5, 5.41) is 0.668. The number of anilines is 1. The van der Waals surface area contributed by atoms with Crippen LogP contribution in [-0.4, -0.2) is 44.1 Å². The predicted octanol–water partition coefficient (Wildman–Crippen LogP) is 3.33. The first-order valence-corrected chi connectivity index (χ1v) is 9.84. The Morgan fingerprint density at radius 3 is 2.45 bits per heavy atom. The molecule has 2 aromatic carbocycles. The Balaban J connectivity index is 1.51. The number of nitrogens with zero attached hydrogens (tertiary/aromatic N) is 2. The van der Waals surface area contributed by atoms with Crippen molar-refractivity contribution in [3.63, 3.8) is 0 Å². The van der Waals surface area contributed by atoms with Crippen LogP contribution in [0.1, 0.15) is 22.8 Å². The van der Waals surface area contributed by atoms with Crippen molar-refractivity contribution < 1.29 is 13.9 Å². The lowest BCUT2D eigenvalue weighted by atomic mass is 10.1. The fourth-order valence-electron chi connectivity index (χ4n) is 3.71. The molecule has 0 bridgehead atoms. The van der Waals surface area contributed by atoms with Crippen molar-refractivity contribution in [1.29, 1.82) is 0 Å². The number of methoxy groups -OCH3 is 1. The summed E-state index contributed by atoms with van der Waals surface area (Å²) >= 11 is 0. The number of amides is 1. The van der Waals surface area contributed by atoms with Gasteiger partial charge in [0.15, 0.2) is 11.3 Å². The van der Waals surface area contributed by atoms with E-state index < -0.39 is 5.63 Å². The number of rotatable bonds is 4. The van der Waals surface area contributed by atoms with Gasteiger partial charge in [-0.2, -0.15) is 0 Å². The van der Waals surface area contributed by atoms with E-state index in [1.807, 2.05) is 0 Å². The summed E-state index contributed by atoms with van der Waals surface area (Å²) in [7, 11) is 1.52. The molecule has 1 amide bonds. The minimum atomic E-state index is -0.635. The highest BCUT2D eigenvalue weighted by molar-refractivity contribution is 5.97. The maximum absolute atomic E-state index is 13.0. The van der Waals surface area contributed by atoms with Crippen molar-refractivity contribution in [2.45, 2.75) is 13.3 Å². The summed E-state index contributed by atoms with van der Waals surface area (Å²) in [5.41, 5.74) is 2.25. The van der Waals surface area contributed by atoms with Crippen LogP contribution in [0.2, 0.25) is 0 Å². The van der Waals surface area contributed by atoms with Crippen molar-refractivity contribution in [2.24, 2.45) is 0 Å². The molecular formula is C23H24N2O4. The van der Waals surface area contributed by atoms with Crippen LogP contribution in [0, 0.1) is 0 Å². The molecule has 3 aromatic rings. The van der Waals surface area contributed by atoms with Gasteiger partial charge in [-0.3, -0.25) is 4.79 Å². The standard InChI is InChI=1S/C23H24N2O4/c1-3-16-7-9-18(10-8-16)24-11-13-25(14-12-24)22(26)19-15-17-5-4-6-20(28-2)21(17)29-23(19)27/h4-10,15H,3,11-14H2,1-2H3. The zero-order valence-electron chi connectivity index (χ0n) is 16.7. The monoisotopic (exact) mass is 392 g/mol. The molecule has 1 aliphatic heterocycles. The Morgan fingerprint density at radius 2 is 1.79 bits per heavy atom. The Labute approximate surface area is 169 Å². The number of fused-ring (bicyclic) bond motifs is 1. The quantitative estimate of drug-likeness (QED) is 0.638. The van der Waals surface area contributed by atoms with Gasteiger partial charge in [-0.05, 0) is 36.2 Å². The van der Waals surface area contributed by atoms with E-state index in [9.17, 15) is 9.59 Å². The van der Waals surface area contributed by atoms with Gasteiger partial charge < -0.3 is 19.0 Å². The van der Waals surface area contributed by atoms with E-state index in [4.69, 9.17) is 9.15 Å². The number of hydrogen-bond donors (Lipinski definition) is 0. The molecule has 0 saturated carbocycles. The molecule has 1 aromatic heterocycles. The van der Waals surface area contributed by atoms with Crippen LogP contribution in [-0.2, 0) is 6.42 Å². The number of hydrogen-bond acceptors (Lipinski definition) is 5. The van der Waals surface area contributed by atoms with Crippen LogP contribution in [0.15, 0.2) is 57.7 Å². The number of benzene rings is 2. The third-order valence-electron chi connectivity index (χ3n) is 5.45. The molecule has 4 rings (SSSR count). The number of carbonyl (C=O) groups is 1. The maximum Gasteiger partial charge on any atom is 0.349 e. The summed E-state index contributed by atoms with van der Waals surface area (Å²) in [6.07, 6.45) is 1.02. The van der Waals surface area contributed by atoms with Crippen LogP contribution < -0.4 is 15.3 Å². The third kappa shape index (κ3) is 3.70. The average Bonchev–Trinajstić information content (AvgIpc) is 2.78. The minimum absolute atomic E-state index is 0.0616. The fourth-order valence-corrected chi connectivity index (χ4v) is 3.71. The topological polar surface area (TPSA) is 63.0 Å². The second-order valence-corrected chi connectivity index (χ2v) is 7.13. The molecule has 0 aliphatic carbocycles. The average molecular weight is 392 g/mol. The van der Waals surface area contributed by atoms with Crippen LogP contribution in [0.4, 0.5) is 5.69 Å². The van der Waals surface area contributed by atoms with E-state index in [0.717, 1.165) is 25.2 Å².